The number of nitrogens with zero attached hydrogens (tertiary/aromatic N) is 1. The number of fused-ring (bicyclic) bond motifs is 12. The Morgan fingerprint density at radius 3 is 2.11 bits per heavy atom. The zero-order valence-corrected chi connectivity index (χ0v) is 24.8. The second kappa shape index (κ2) is 9.42. The van der Waals surface area contributed by atoms with Crippen molar-refractivity contribution in [3.63, 3.8) is 0 Å². The number of hydrogen-bond donors (Lipinski definition) is 0. The lowest BCUT2D eigenvalue weighted by Gasteiger charge is -2.16. The second-order valence-corrected chi connectivity index (χ2v) is 12.4. The Kier molecular flexibility index (Phi) is 5.18. The number of aromatic nitrogens is 1. The van der Waals surface area contributed by atoms with E-state index >= 15 is 0 Å². The Morgan fingerprint density at radius 2 is 1.20 bits per heavy atom. The van der Waals surface area contributed by atoms with Gasteiger partial charge < -0.3 is 4.57 Å². The molecule has 1 aromatic heterocycles. The summed E-state index contributed by atoms with van der Waals surface area (Å²) in [6.07, 6.45) is 6.75. The lowest BCUT2D eigenvalue weighted by Crippen LogP contribution is -2.00. The zero-order chi connectivity index (χ0) is 29.5. The minimum absolute atomic E-state index is 1.08. The molecule has 45 heavy (non-hydrogen) atoms. The molecule has 1 heteroatoms. The van der Waals surface area contributed by atoms with Gasteiger partial charge in [-0.2, -0.15) is 0 Å². The molecule has 0 saturated heterocycles. The van der Waals surface area contributed by atoms with Crippen LogP contribution in [0, 0.1) is 0 Å². The van der Waals surface area contributed by atoms with Gasteiger partial charge in [0.05, 0.1) is 11.0 Å². The highest BCUT2D eigenvalue weighted by atomic mass is 15.0. The van der Waals surface area contributed by atoms with E-state index in [1.54, 1.807) is 0 Å². The Balaban J connectivity index is 1.41. The van der Waals surface area contributed by atoms with Crippen molar-refractivity contribution in [2.75, 3.05) is 0 Å². The molecule has 0 radical (unpaired) electrons. The fraction of sp³-hybridized carbons (Fsp3) is 0.0455. The van der Waals surface area contributed by atoms with Gasteiger partial charge >= 0.3 is 0 Å². The molecule has 0 fully saturated rings. The molecule has 0 atom stereocenters. The van der Waals surface area contributed by atoms with Crippen molar-refractivity contribution in [2.24, 2.45) is 0 Å². The van der Waals surface area contributed by atoms with Crippen LogP contribution in [0.5, 0.6) is 0 Å². The molecule has 0 unspecified atom stereocenters. The lowest BCUT2D eigenvalue weighted by molar-refractivity contribution is 0.980. The zero-order valence-electron chi connectivity index (χ0n) is 24.8. The van der Waals surface area contributed by atoms with Gasteiger partial charge in [0, 0.05) is 27.2 Å². The Bertz CT molecular complexity index is 2700. The van der Waals surface area contributed by atoms with Gasteiger partial charge in [0.2, 0.25) is 0 Å². The third-order valence-corrected chi connectivity index (χ3v) is 9.96. The van der Waals surface area contributed by atoms with Crippen LogP contribution in [0.4, 0.5) is 0 Å². The van der Waals surface area contributed by atoms with Gasteiger partial charge in [0.25, 0.3) is 0 Å². The number of allylic oxidation sites excluding steroid dienone is 1. The highest BCUT2D eigenvalue weighted by molar-refractivity contribution is 6.37. The summed E-state index contributed by atoms with van der Waals surface area (Å²) in [6, 6.07) is 52.1. The molecule has 0 aliphatic heterocycles. The molecule has 1 aliphatic carbocycles. The minimum atomic E-state index is 1.08. The van der Waals surface area contributed by atoms with Crippen LogP contribution in [0.1, 0.15) is 17.5 Å². The summed E-state index contributed by atoms with van der Waals surface area (Å²) in [5.74, 6) is 0. The Hall–Kier alpha value is -5.66. The summed E-state index contributed by atoms with van der Waals surface area (Å²) >= 11 is 0. The predicted octanol–water partition coefficient (Wildman–Crippen LogP) is 12.0. The molecule has 210 valence electrons. The molecular formula is C44H29N. The van der Waals surface area contributed by atoms with Crippen molar-refractivity contribution in [3.8, 4) is 16.8 Å². The van der Waals surface area contributed by atoms with Gasteiger partial charge in [0.15, 0.2) is 0 Å². The average Bonchev–Trinajstić information content (AvgIpc) is 3.45. The smallest absolute Gasteiger partial charge is 0.0626 e. The summed E-state index contributed by atoms with van der Waals surface area (Å²) in [5.41, 5.74) is 9.00. The monoisotopic (exact) mass is 571 g/mol. The topological polar surface area (TPSA) is 4.93 Å². The van der Waals surface area contributed by atoms with E-state index in [2.05, 4.69) is 156 Å². The van der Waals surface area contributed by atoms with Crippen molar-refractivity contribution in [3.05, 3.63) is 157 Å². The predicted molar refractivity (Wildman–Crippen MR) is 194 cm³/mol. The van der Waals surface area contributed by atoms with E-state index in [0.717, 1.165) is 12.8 Å². The van der Waals surface area contributed by atoms with Crippen LogP contribution in [0.25, 0.3) is 87.8 Å². The van der Waals surface area contributed by atoms with Crippen molar-refractivity contribution in [2.45, 2.75) is 12.8 Å². The number of aryl methyl sites for hydroxylation is 1. The normalized spacial score (nSPS) is 13.1. The van der Waals surface area contributed by atoms with Crippen LogP contribution in [-0.4, -0.2) is 4.57 Å². The summed E-state index contributed by atoms with van der Waals surface area (Å²) in [7, 11) is 0. The first-order chi connectivity index (χ1) is 22.3. The number of hydrogen-bond acceptors (Lipinski definition) is 0. The minimum Gasteiger partial charge on any atom is -0.309 e. The Morgan fingerprint density at radius 1 is 0.467 bits per heavy atom. The fourth-order valence-electron chi connectivity index (χ4n) is 7.87. The molecule has 0 spiro atoms. The maximum absolute atomic E-state index is 2.54. The molecule has 8 aromatic carbocycles. The van der Waals surface area contributed by atoms with E-state index in [4.69, 9.17) is 0 Å². The molecule has 1 heterocycles. The van der Waals surface area contributed by atoms with Gasteiger partial charge in [-0.3, -0.25) is 0 Å². The molecule has 0 bridgehead atoms. The first-order valence-corrected chi connectivity index (χ1v) is 15.9. The second-order valence-electron chi connectivity index (χ2n) is 12.4. The van der Waals surface area contributed by atoms with Gasteiger partial charge in [-0.25, -0.2) is 0 Å². The van der Waals surface area contributed by atoms with Gasteiger partial charge in [-0.15, -0.1) is 0 Å². The quantitative estimate of drug-likeness (QED) is 0.182. The van der Waals surface area contributed by atoms with E-state index in [9.17, 15) is 0 Å². The third-order valence-electron chi connectivity index (χ3n) is 9.96. The molecule has 0 saturated carbocycles. The van der Waals surface area contributed by atoms with Crippen LogP contribution < -0.4 is 0 Å². The van der Waals surface area contributed by atoms with Crippen LogP contribution >= 0.6 is 0 Å². The highest BCUT2D eigenvalue weighted by Crippen LogP contribution is 2.46. The van der Waals surface area contributed by atoms with E-state index < -0.39 is 0 Å². The van der Waals surface area contributed by atoms with Crippen molar-refractivity contribution >= 4 is 71.0 Å². The van der Waals surface area contributed by atoms with Crippen LogP contribution in [-0.2, 0) is 6.42 Å². The first-order valence-electron chi connectivity index (χ1n) is 15.9. The average molecular weight is 572 g/mol. The van der Waals surface area contributed by atoms with E-state index in [-0.39, 0.29) is 0 Å². The van der Waals surface area contributed by atoms with Crippen molar-refractivity contribution in [1.29, 1.82) is 0 Å². The van der Waals surface area contributed by atoms with Crippen molar-refractivity contribution in [1.82, 2.24) is 4.57 Å². The molecule has 0 amide bonds. The largest absolute Gasteiger partial charge is 0.309 e. The van der Waals surface area contributed by atoms with Gasteiger partial charge in [-0.1, -0.05) is 121 Å². The first kappa shape index (κ1) is 24.7. The van der Waals surface area contributed by atoms with Gasteiger partial charge in [0.1, 0.15) is 0 Å². The third kappa shape index (κ3) is 3.62. The van der Waals surface area contributed by atoms with E-state index in [1.807, 2.05) is 0 Å². The molecule has 1 nitrogen and oxygen atoms in total. The molecular weight excluding hydrogens is 542 g/mol. The molecule has 1 aliphatic rings. The summed E-state index contributed by atoms with van der Waals surface area (Å²) in [5, 5.41) is 13.0. The van der Waals surface area contributed by atoms with E-state index in [0.29, 0.717) is 0 Å². The highest BCUT2D eigenvalue weighted by Gasteiger charge is 2.21. The molecule has 10 rings (SSSR count). The SMILES string of the molecule is C1=Cc2ccc(-n3c4ccc(-c5ccc6ccccc6c5)cc4c4c5c6ccccc6ccc5c5ccccc5c43)cc2CC1. The molecule has 9 aromatic rings. The number of benzene rings is 8. The molecule has 0 N–H and O–H groups in total. The fourth-order valence-corrected chi connectivity index (χ4v) is 7.87. The summed E-state index contributed by atoms with van der Waals surface area (Å²) in [6.45, 7) is 0. The standard InChI is InChI=1S/C44H29N/c1-3-12-31-25-33(18-17-28(31)9-1)34-21-24-41-40(27-34)43-42-36-14-6-5-11-30(36)20-23-38(42)37-15-7-8-16-39(37)44(43)45(41)35-22-19-29-10-2-4-13-32(29)26-35/h1-3,5-12,14-27H,4,13H2. The van der Waals surface area contributed by atoms with Crippen LogP contribution in [0.2, 0.25) is 0 Å². The number of rotatable bonds is 2. The lowest BCUT2D eigenvalue weighted by atomic mass is 9.92. The van der Waals surface area contributed by atoms with Crippen molar-refractivity contribution < 1.29 is 0 Å². The maximum atomic E-state index is 2.54. The maximum Gasteiger partial charge on any atom is 0.0626 e. The van der Waals surface area contributed by atoms with Crippen LogP contribution in [0.3, 0.4) is 0 Å². The van der Waals surface area contributed by atoms with Gasteiger partial charge in [-0.05, 0) is 97.7 Å². The summed E-state index contributed by atoms with van der Waals surface area (Å²) in [4.78, 5) is 0. The Labute approximate surface area is 261 Å². The van der Waals surface area contributed by atoms with Crippen LogP contribution in [0.15, 0.2) is 146 Å². The van der Waals surface area contributed by atoms with E-state index in [1.165, 1.54) is 92.8 Å². The summed E-state index contributed by atoms with van der Waals surface area (Å²) < 4.78 is 2.54.